The molecule has 0 aromatic heterocycles. The molecule has 94 valence electrons. The van der Waals surface area contributed by atoms with Gasteiger partial charge in [0.25, 0.3) is 0 Å². The monoisotopic (exact) mass is 238 g/mol. The van der Waals surface area contributed by atoms with E-state index in [0.717, 1.165) is 0 Å². The molecule has 0 spiro atoms. The lowest BCUT2D eigenvalue weighted by atomic mass is 10.2. The van der Waals surface area contributed by atoms with Crippen molar-refractivity contribution in [3.05, 3.63) is 35.9 Å². The van der Waals surface area contributed by atoms with Crippen molar-refractivity contribution >= 4 is 5.97 Å². The number of ether oxygens (including phenoxy) is 3. The minimum Gasteiger partial charge on any atom is -0.435 e. The second-order valence-corrected chi connectivity index (χ2v) is 3.74. The number of carbonyl (C=O) groups excluding carboxylic acids is 1. The molecule has 0 radical (unpaired) electrons. The first-order valence-electron chi connectivity index (χ1n) is 5.61. The van der Waals surface area contributed by atoms with E-state index in [4.69, 9.17) is 14.2 Å². The van der Waals surface area contributed by atoms with Crippen molar-refractivity contribution in [3.8, 4) is 0 Å². The topological polar surface area (TPSA) is 44.8 Å². The number of hydrogen-bond donors (Lipinski definition) is 0. The van der Waals surface area contributed by atoms with Crippen molar-refractivity contribution in [2.75, 3.05) is 20.0 Å². The third kappa shape index (κ3) is 6.04. The molecule has 0 heterocycles. The number of rotatable bonds is 7. The largest absolute Gasteiger partial charge is 0.435 e. The zero-order chi connectivity index (χ0) is 12.5. The van der Waals surface area contributed by atoms with Crippen molar-refractivity contribution < 1.29 is 19.0 Å². The molecule has 1 aromatic carbocycles. The highest BCUT2D eigenvalue weighted by Gasteiger charge is 2.04. The Morgan fingerprint density at radius 3 is 2.53 bits per heavy atom. The van der Waals surface area contributed by atoms with Crippen LogP contribution in [-0.2, 0) is 14.2 Å². The Bertz CT molecular complexity index is 321. The molecule has 0 N–H and O–H groups in total. The Morgan fingerprint density at radius 2 is 1.88 bits per heavy atom. The van der Waals surface area contributed by atoms with Crippen LogP contribution in [0.4, 0.5) is 0 Å². The summed E-state index contributed by atoms with van der Waals surface area (Å²) in [4.78, 5) is 11.5. The molecule has 0 saturated carbocycles. The lowest BCUT2D eigenvalue weighted by Crippen LogP contribution is -2.13. The minimum absolute atomic E-state index is 0.0464. The number of benzene rings is 1. The molecular weight excluding hydrogens is 220 g/mol. The van der Waals surface area contributed by atoms with E-state index in [-0.39, 0.29) is 18.9 Å². The van der Waals surface area contributed by atoms with Crippen LogP contribution in [0.15, 0.2) is 30.3 Å². The zero-order valence-corrected chi connectivity index (χ0v) is 10.2. The highest BCUT2D eigenvalue weighted by molar-refractivity contribution is 5.89. The first-order chi connectivity index (χ1) is 8.20. The van der Waals surface area contributed by atoms with E-state index in [2.05, 4.69) is 0 Å². The van der Waals surface area contributed by atoms with E-state index in [0.29, 0.717) is 18.8 Å². The van der Waals surface area contributed by atoms with E-state index in [9.17, 15) is 4.79 Å². The fraction of sp³-hybridized carbons (Fsp3) is 0.462. The van der Waals surface area contributed by atoms with Gasteiger partial charge in [0.05, 0.1) is 24.9 Å². The molecule has 0 atom stereocenters. The summed E-state index contributed by atoms with van der Waals surface area (Å²) in [5, 5.41) is 0. The van der Waals surface area contributed by atoms with E-state index in [1.54, 1.807) is 24.3 Å². The summed E-state index contributed by atoms with van der Waals surface area (Å²) >= 11 is 0. The second kappa shape index (κ2) is 7.81. The van der Waals surface area contributed by atoms with Gasteiger partial charge in [0, 0.05) is 0 Å². The molecule has 0 saturated heterocycles. The lowest BCUT2D eigenvalue weighted by molar-refractivity contribution is -0.0543. The van der Waals surface area contributed by atoms with Gasteiger partial charge in [-0.05, 0) is 26.0 Å². The van der Waals surface area contributed by atoms with Crippen LogP contribution in [0.5, 0.6) is 0 Å². The maximum atomic E-state index is 11.5. The van der Waals surface area contributed by atoms with Gasteiger partial charge in [0.2, 0.25) is 0 Å². The van der Waals surface area contributed by atoms with Gasteiger partial charge < -0.3 is 14.2 Å². The maximum absolute atomic E-state index is 11.5. The summed E-state index contributed by atoms with van der Waals surface area (Å²) in [6.45, 7) is 4.78. The standard InChI is InChI=1S/C13H18O4/c1-11(2)16-9-8-15-10-17-13(14)12-6-4-3-5-7-12/h3-7,11H,8-10H2,1-2H3. The van der Waals surface area contributed by atoms with Gasteiger partial charge in [-0.25, -0.2) is 4.79 Å². The first-order valence-corrected chi connectivity index (χ1v) is 5.61. The van der Waals surface area contributed by atoms with Crippen LogP contribution >= 0.6 is 0 Å². The Hall–Kier alpha value is -1.39. The van der Waals surface area contributed by atoms with Crippen molar-refractivity contribution in [1.29, 1.82) is 0 Å². The van der Waals surface area contributed by atoms with Gasteiger partial charge in [0.15, 0.2) is 6.79 Å². The Balaban J connectivity index is 2.09. The fourth-order valence-corrected chi connectivity index (χ4v) is 1.15. The van der Waals surface area contributed by atoms with Gasteiger partial charge in [-0.1, -0.05) is 18.2 Å². The van der Waals surface area contributed by atoms with E-state index in [1.165, 1.54) is 0 Å². The smallest absolute Gasteiger partial charge is 0.340 e. The van der Waals surface area contributed by atoms with Crippen molar-refractivity contribution in [2.45, 2.75) is 20.0 Å². The Morgan fingerprint density at radius 1 is 1.18 bits per heavy atom. The first kappa shape index (κ1) is 13.7. The number of esters is 1. The van der Waals surface area contributed by atoms with Gasteiger partial charge in [-0.3, -0.25) is 0 Å². The van der Waals surface area contributed by atoms with Crippen LogP contribution in [0, 0.1) is 0 Å². The van der Waals surface area contributed by atoms with Gasteiger partial charge in [0.1, 0.15) is 0 Å². The summed E-state index contributed by atoms with van der Waals surface area (Å²) in [5.74, 6) is -0.379. The van der Waals surface area contributed by atoms with Gasteiger partial charge in [-0.15, -0.1) is 0 Å². The third-order valence-corrected chi connectivity index (χ3v) is 1.96. The van der Waals surface area contributed by atoms with Crippen LogP contribution < -0.4 is 0 Å². The summed E-state index contributed by atoms with van der Waals surface area (Å²) in [5.41, 5.74) is 0.523. The molecule has 1 aromatic rings. The van der Waals surface area contributed by atoms with Crippen molar-refractivity contribution in [1.82, 2.24) is 0 Å². The predicted molar refractivity (Wildman–Crippen MR) is 63.8 cm³/mol. The molecular formula is C13H18O4. The highest BCUT2D eigenvalue weighted by atomic mass is 16.7. The molecule has 0 amide bonds. The van der Waals surface area contributed by atoms with E-state index in [1.807, 2.05) is 19.9 Å². The van der Waals surface area contributed by atoms with E-state index < -0.39 is 0 Å². The molecule has 0 fully saturated rings. The van der Waals surface area contributed by atoms with Crippen LogP contribution in [0.1, 0.15) is 24.2 Å². The molecule has 17 heavy (non-hydrogen) atoms. The summed E-state index contributed by atoms with van der Waals surface area (Å²) < 4.78 is 15.3. The SMILES string of the molecule is CC(C)OCCOCOC(=O)c1ccccc1. The molecule has 0 aliphatic rings. The molecule has 0 aliphatic heterocycles. The molecule has 0 aliphatic carbocycles. The van der Waals surface area contributed by atoms with Crippen LogP contribution in [0.3, 0.4) is 0 Å². The third-order valence-electron chi connectivity index (χ3n) is 1.96. The number of carbonyl (C=O) groups is 1. The molecule has 0 unspecified atom stereocenters. The predicted octanol–water partition coefficient (Wildman–Crippen LogP) is 2.24. The Kier molecular flexibility index (Phi) is 6.29. The van der Waals surface area contributed by atoms with Crippen LogP contribution in [0.25, 0.3) is 0 Å². The molecule has 1 rings (SSSR count). The highest BCUT2D eigenvalue weighted by Crippen LogP contribution is 2.00. The average molecular weight is 238 g/mol. The lowest BCUT2D eigenvalue weighted by Gasteiger charge is -2.08. The molecule has 4 nitrogen and oxygen atoms in total. The summed E-state index contributed by atoms with van der Waals surface area (Å²) in [7, 11) is 0. The quantitative estimate of drug-likeness (QED) is 0.415. The summed E-state index contributed by atoms with van der Waals surface area (Å²) in [6.07, 6.45) is 0.186. The second-order valence-electron chi connectivity index (χ2n) is 3.74. The minimum atomic E-state index is -0.379. The fourth-order valence-electron chi connectivity index (χ4n) is 1.15. The van der Waals surface area contributed by atoms with E-state index >= 15 is 0 Å². The number of hydrogen-bond acceptors (Lipinski definition) is 4. The molecule has 4 heteroatoms. The average Bonchev–Trinajstić information content (AvgIpc) is 2.34. The zero-order valence-electron chi connectivity index (χ0n) is 10.2. The molecule has 0 bridgehead atoms. The van der Waals surface area contributed by atoms with Gasteiger partial charge >= 0.3 is 5.97 Å². The van der Waals surface area contributed by atoms with Gasteiger partial charge in [-0.2, -0.15) is 0 Å². The van der Waals surface area contributed by atoms with Crippen molar-refractivity contribution in [3.63, 3.8) is 0 Å². The normalized spacial score (nSPS) is 10.5. The summed E-state index contributed by atoms with van der Waals surface area (Å²) in [6, 6.07) is 8.81. The Labute approximate surface area is 101 Å². The maximum Gasteiger partial charge on any atom is 0.340 e. The van der Waals surface area contributed by atoms with Crippen molar-refractivity contribution in [2.24, 2.45) is 0 Å². The van der Waals surface area contributed by atoms with Crippen LogP contribution in [0.2, 0.25) is 0 Å². The van der Waals surface area contributed by atoms with Crippen LogP contribution in [-0.4, -0.2) is 32.1 Å².